The van der Waals surface area contributed by atoms with Gasteiger partial charge in [-0.3, -0.25) is 0 Å². The van der Waals surface area contributed by atoms with Crippen LogP contribution < -0.4 is 0 Å². The predicted molar refractivity (Wildman–Crippen MR) is 215 cm³/mol. The molecule has 6 aromatic carbocycles. The van der Waals surface area contributed by atoms with Crippen molar-refractivity contribution in [3.8, 4) is 22.5 Å². The number of rotatable bonds is 5. The SMILES string of the molecule is C=CC1=C(/C=C\C)c2cc3c4ccccc4n(-c4ccc5c(c4)c4ccccc4n5-c4c(C)cc(C(F)(F)F)cc4-c4c(F)c(F)c(F)c(F)c4F)c3cc2C1(C)C. The highest BCUT2D eigenvalue weighted by Gasteiger charge is 2.38. The molecule has 0 atom stereocenters. The normalized spacial score (nSPS) is 14.3. The molecule has 0 aliphatic heterocycles. The van der Waals surface area contributed by atoms with Gasteiger partial charge in [0, 0.05) is 38.2 Å². The molecule has 2 nitrogen and oxygen atoms in total. The standard InChI is InChI=1S/C48H32F8N2/c1-6-12-27-30-22-32-29-14-8-10-15-36(29)57(39(32)23-35(30)47(4,5)34(27)7-2)26-17-18-38-31(21-26)28-13-9-11-16-37(28)58(38)46-24(3)19-25(48(54,55)56)20-33(46)40-41(49)43(51)45(53)44(52)42(40)50/h6-23H,2H2,1,3-5H3/b12-6-. The average molecular weight is 789 g/mol. The number of hydrogen-bond acceptors (Lipinski definition) is 0. The number of hydrogen-bond donors (Lipinski definition) is 0. The Morgan fingerprint density at radius 1 is 0.621 bits per heavy atom. The van der Waals surface area contributed by atoms with Crippen LogP contribution in [-0.2, 0) is 11.6 Å². The summed E-state index contributed by atoms with van der Waals surface area (Å²) >= 11 is 0. The minimum absolute atomic E-state index is 0.107. The zero-order valence-corrected chi connectivity index (χ0v) is 31.5. The van der Waals surface area contributed by atoms with Gasteiger partial charge in [-0.25, -0.2) is 22.0 Å². The van der Waals surface area contributed by atoms with E-state index in [1.54, 1.807) is 24.3 Å². The van der Waals surface area contributed by atoms with Crippen molar-refractivity contribution in [2.75, 3.05) is 0 Å². The van der Waals surface area contributed by atoms with Crippen LogP contribution in [0.5, 0.6) is 0 Å². The van der Waals surface area contributed by atoms with Crippen LogP contribution in [0.25, 0.3) is 71.7 Å². The topological polar surface area (TPSA) is 9.86 Å². The highest BCUT2D eigenvalue weighted by molar-refractivity contribution is 6.13. The molecular formula is C48H32F8N2. The van der Waals surface area contributed by atoms with Crippen LogP contribution in [0.1, 0.15) is 43.0 Å². The Balaban J connectivity index is 1.35. The van der Waals surface area contributed by atoms with Crippen LogP contribution in [0, 0.1) is 36.0 Å². The number of allylic oxidation sites excluding steroid dienone is 5. The largest absolute Gasteiger partial charge is 0.416 e. The molecule has 1 aliphatic rings. The molecule has 0 fully saturated rings. The van der Waals surface area contributed by atoms with Gasteiger partial charge in [-0.2, -0.15) is 13.2 Å². The second kappa shape index (κ2) is 12.8. The van der Waals surface area contributed by atoms with Crippen molar-refractivity contribution in [1.82, 2.24) is 9.13 Å². The summed E-state index contributed by atoms with van der Waals surface area (Å²) in [5.41, 5.74) is 3.72. The van der Waals surface area contributed by atoms with Gasteiger partial charge in [0.05, 0.1) is 38.9 Å². The zero-order chi connectivity index (χ0) is 41.2. The molecule has 10 heteroatoms. The maximum Gasteiger partial charge on any atom is 0.416 e. The lowest BCUT2D eigenvalue weighted by Gasteiger charge is -2.23. The van der Waals surface area contributed by atoms with E-state index in [0.717, 1.165) is 55.8 Å². The fraction of sp³-hybridized carbons (Fsp3) is 0.125. The molecule has 58 heavy (non-hydrogen) atoms. The number of alkyl halides is 3. The monoisotopic (exact) mass is 788 g/mol. The first kappa shape index (κ1) is 37.2. The van der Waals surface area contributed by atoms with Gasteiger partial charge in [0.1, 0.15) is 0 Å². The summed E-state index contributed by atoms with van der Waals surface area (Å²) in [6.45, 7) is 11.8. The summed E-state index contributed by atoms with van der Waals surface area (Å²) in [6.07, 6.45) is 1.02. The molecule has 290 valence electrons. The molecule has 0 radical (unpaired) electrons. The quantitative estimate of drug-likeness (QED) is 0.0934. The summed E-state index contributed by atoms with van der Waals surface area (Å²) in [5, 5.41) is 3.31. The molecule has 0 spiro atoms. The molecule has 0 saturated heterocycles. The lowest BCUT2D eigenvalue weighted by atomic mass is 9.81. The Bertz CT molecular complexity index is 3140. The third-order valence-corrected chi connectivity index (χ3v) is 11.5. The van der Waals surface area contributed by atoms with Crippen molar-refractivity contribution in [2.45, 2.75) is 39.3 Å². The van der Waals surface area contributed by atoms with E-state index < -0.39 is 52.0 Å². The minimum Gasteiger partial charge on any atom is -0.309 e. The van der Waals surface area contributed by atoms with Gasteiger partial charge in [-0.1, -0.05) is 75.1 Å². The minimum atomic E-state index is -5.01. The number of para-hydroxylation sites is 2. The van der Waals surface area contributed by atoms with Crippen LogP contribution in [0.2, 0.25) is 0 Å². The zero-order valence-electron chi connectivity index (χ0n) is 31.5. The van der Waals surface area contributed by atoms with Gasteiger partial charge in [0.25, 0.3) is 0 Å². The first-order valence-corrected chi connectivity index (χ1v) is 18.5. The molecule has 8 aromatic rings. The molecule has 2 heterocycles. The van der Waals surface area contributed by atoms with E-state index in [1.165, 1.54) is 11.5 Å². The molecule has 2 aromatic heterocycles. The van der Waals surface area contributed by atoms with Gasteiger partial charge in [-0.15, -0.1) is 0 Å². The van der Waals surface area contributed by atoms with E-state index in [2.05, 4.69) is 49.3 Å². The fourth-order valence-electron chi connectivity index (χ4n) is 8.98. The van der Waals surface area contributed by atoms with Crippen LogP contribution in [0.3, 0.4) is 0 Å². The number of aryl methyl sites for hydroxylation is 1. The maximum absolute atomic E-state index is 15.6. The van der Waals surface area contributed by atoms with Gasteiger partial charge >= 0.3 is 6.18 Å². The third kappa shape index (κ3) is 5.09. The summed E-state index contributed by atoms with van der Waals surface area (Å²) < 4.78 is 121. The van der Waals surface area contributed by atoms with Gasteiger partial charge in [0.2, 0.25) is 5.82 Å². The summed E-state index contributed by atoms with van der Waals surface area (Å²) in [5.74, 6) is -11.4. The number of benzene rings is 6. The molecule has 0 saturated carbocycles. The second-order valence-electron chi connectivity index (χ2n) is 15.1. The maximum atomic E-state index is 15.6. The molecular weight excluding hydrogens is 757 g/mol. The predicted octanol–water partition coefficient (Wildman–Crippen LogP) is 14.4. The van der Waals surface area contributed by atoms with Crippen molar-refractivity contribution in [1.29, 1.82) is 0 Å². The van der Waals surface area contributed by atoms with E-state index in [0.29, 0.717) is 27.9 Å². The summed E-state index contributed by atoms with van der Waals surface area (Å²) in [4.78, 5) is 0. The van der Waals surface area contributed by atoms with Crippen molar-refractivity contribution in [3.05, 3.63) is 173 Å². The van der Waals surface area contributed by atoms with Crippen LogP contribution >= 0.6 is 0 Å². The number of halogens is 8. The first-order chi connectivity index (χ1) is 27.6. The van der Waals surface area contributed by atoms with Crippen LogP contribution in [0.4, 0.5) is 35.1 Å². The van der Waals surface area contributed by atoms with E-state index >= 15 is 8.78 Å². The van der Waals surface area contributed by atoms with Crippen molar-refractivity contribution in [2.24, 2.45) is 0 Å². The van der Waals surface area contributed by atoms with Crippen LogP contribution in [0.15, 0.2) is 121 Å². The number of aromatic nitrogens is 2. The molecule has 1 aliphatic carbocycles. The highest BCUT2D eigenvalue weighted by atomic mass is 19.4. The van der Waals surface area contributed by atoms with E-state index in [-0.39, 0.29) is 16.7 Å². The molecule has 0 N–H and O–H groups in total. The Kier molecular flexibility index (Phi) is 8.20. The smallest absolute Gasteiger partial charge is 0.309 e. The van der Waals surface area contributed by atoms with Crippen molar-refractivity contribution in [3.63, 3.8) is 0 Å². The fourth-order valence-corrected chi connectivity index (χ4v) is 8.98. The Morgan fingerprint density at radius 3 is 1.79 bits per heavy atom. The Labute approximate surface area is 327 Å². The molecule has 9 rings (SSSR count). The van der Waals surface area contributed by atoms with Gasteiger partial charge < -0.3 is 9.13 Å². The van der Waals surface area contributed by atoms with Crippen molar-refractivity contribution < 1.29 is 35.1 Å². The third-order valence-electron chi connectivity index (χ3n) is 11.5. The first-order valence-electron chi connectivity index (χ1n) is 18.5. The molecule has 0 unspecified atom stereocenters. The highest BCUT2D eigenvalue weighted by Crippen LogP contribution is 2.50. The van der Waals surface area contributed by atoms with E-state index in [1.807, 2.05) is 55.5 Å². The molecule has 0 bridgehead atoms. The van der Waals surface area contributed by atoms with Gasteiger partial charge in [0.15, 0.2) is 23.3 Å². The second-order valence-corrected chi connectivity index (χ2v) is 15.1. The van der Waals surface area contributed by atoms with E-state index in [9.17, 15) is 26.3 Å². The lowest BCUT2D eigenvalue weighted by molar-refractivity contribution is -0.137. The molecule has 0 amide bonds. The lowest BCUT2D eigenvalue weighted by Crippen LogP contribution is -2.16. The number of fused-ring (bicyclic) bond motifs is 7. The average Bonchev–Trinajstić information content (AvgIpc) is 3.77. The van der Waals surface area contributed by atoms with E-state index in [4.69, 9.17) is 0 Å². The summed E-state index contributed by atoms with van der Waals surface area (Å²) in [6, 6.07) is 26.2. The number of nitrogens with zero attached hydrogens (tertiary/aromatic N) is 2. The van der Waals surface area contributed by atoms with Crippen molar-refractivity contribution >= 4 is 49.2 Å². The Morgan fingerprint density at radius 2 is 1.19 bits per heavy atom. The summed E-state index contributed by atoms with van der Waals surface area (Å²) in [7, 11) is 0. The van der Waals surface area contributed by atoms with Gasteiger partial charge in [-0.05, 0) is 96.3 Å². The van der Waals surface area contributed by atoms with Crippen LogP contribution in [-0.4, -0.2) is 9.13 Å². The Hall–Kier alpha value is -6.42.